The number of hydrogen-bond acceptors (Lipinski definition) is 3. The lowest BCUT2D eigenvalue weighted by molar-refractivity contribution is -0.122. The first-order chi connectivity index (χ1) is 7.15. The van der Waals surface area contributed by atoms with Crippen LogP contribution >= 0.6 is 0 Å². The Kier molecular flexibility index (Phi) is 4.24. The fourth-order valence-electron chi connectivity index (χ4n) is 1.42. The number of carbonyl (C=O) groups excluding carboxylic acids is 1. The summed E-state index contributed by atoms with van der Waals surface area (Å²) < 4.78 is 0. The quantitative estimate of drug-likeness (QED) is 0.770. The van der Waals surface area contributed by atoms with Gasteiger partial charge in [-0.3, -0.25) is 15.1 Å². The van der Waals surface area contributed by atoms with E-state index in [1.807, 2.05) is 26.0 Å². The lowest BCUT2D eigenvalue weighted by Gasteiger charge is -2.18. The van der Waals surface area contributed by atoms with Gasteiger partial charge in [0.25, 0.3) is 0 Å². The van der Waals surface area contributed by atoms with Crippen LogP contribution in [-0.4, -0.2) is 24.0 Å². The third-order valence-electron chi connectivity index (χ3n) is 2.35. The number of carbonyl (C=O) groups is 1. The zero-order valence-electron chi connectivity index (χ0n) is 9.32. The van der Waals surface area contributed by atoms with Crippen LogP contribution in [0.4, 0.5) is 0 Å². The minimum Gasteiger partial charge on any atom is -0.358 e. The molecule has 0 saturated carbocycles. The topological polar surface area (TPSA) is 54.0 Å². The van der Waals surface area contributed by atoms with Crippen molar-refractivity contribution in [3.05, 3.63) is 30.1 Å². The van der Waals surface area contributed by atoms with Crippen molar-refractivity contribution in [2.24, 2.45) is 0 Å². The van der Waals surface area contributed by atoms with Crippen LogP contribution in [0.1, 0.15) is 25.5 Å². The minimum absolute atomic E-state index is 0.00379. The zero-order chi connectivity index (χ0) is 11.3. The van der Waals surface area contributed by atoms with Gasteiger partial charge < -0.3 is 5.32 Å². The molecule has 1 unspecified atom stereocenters. The maximum atomic E-state index is 11.3. The summed E-state index contributed by atoms with van der Waals surface area (Å²) in [6.45, 7) is 3.87. The Bertz CT molecular complexity index is 313. The second-order valence-corrected chi connectivity index (χ2v) is 3.50. The Morgan fingerprint density at radius 1 is 1.33 bits per heavy atom. The Balaban J connectivity index is 2.56. The van der Waals surface area contributed by atoms with Gasteiger partial charge in [0.15, 0.2) is 0 Å². The smallest absolute Gasteiger partial charge is 0.236 e. The molecule has 1 aromatic rings. The SMILES string of the molecule is CNC(=O)[C@@H](C)NC(C)c1ccncc1. The number of pyridine rings is 1. The Morgan fingerprint density at radius 2 is 1.93 bits per heavy atom. The van der Waals surface area contributed by atoms with E-state index in [9.17, 15) is 4.79 Å². The second kappa shape index (κ2) is 5.46. The summed E-state index contributed by atoms with van der Waals surface area (Å²) in [6, 6.07) is 3.82. The Labute approximate surface area is 90.1 Å². The molecule has 4 nitrogen and oxygen atoms in total. The maximum absolute atomic E-state index is 11.3. The Hall–Kier alpha value is -1.42. The number of nitrogens with one attached hydrogen (secondary N) is 2. The zero-order valence-corrected chi connectivity index (χ0v) is 9.32. The molecular weight excluding hydrogens is 190 g/mol. The molecule has 0 saturated heterocycles. The molecule has 0 radical (unpaired) electrons. The molecule has 1 aromatic heterocycles. The van der Waals surface area contributed by atoms with E-state index in [4.69, 9.17) is 0 Å². The highest BCUT2D eigenvalue weighted by Crippen LogP contribution is 2.10. The van der Waals surface area contributed by atoms with Crippen LogP contribution in [0.15, 0.2) is 24.5 Å². The first-order valence-corrected chi connectivity index (χ1v) is 5.02. The Morgan fingerprint density at radius 3 is 2.47 bits per heavy atom. The van der Waals surface area contributed by atoms with Crippen LogP contribution in [0.3, 0.4) is 0 Å². The summed E-state index contributed by atoms with van der Waals surface area (Å²) in [5, 5.41) is 5.81. The standard InChI is InChI=1S/C11H17N3O/c1-8(10-4-6-13-7-5-10)14-9(2)11(15)12-3/h4-9,14H,1-3H3,(H,12,15)/t8?,9-/m1/s1. The predicted molar refractivity (Wildman–Crippen MR) is 59.3 cm³/mol. The molecule has 0 fully saturated rings. The first-order valence-electron chi connectivity index (χ1n) is 5.02. The van der Waals surface area contributed by atoms with Gasteiger partial charge in [-0.15, -0.1) is 0 Å². The largest absolute Gasteiger partial charge is 0.358 e. The number of likely N-dealkylation sites (N-methyl/N-ethyl adjacent to an activating group) is 1. The molecule has 0 aromatic carbocycles. The minimum atomic E-state index is -0.196. The van der Waals surface area contributed by atoms with Gasteiger partial charge in [0, 0.05) is 25.5 Å². The highest BCUT2D eigenvalue weighted by molar-refractivity contribution is 5.80. The van der Waals surface area contributed by atoms with Crippen molar-refractivity contribution in [2.75, 3.05) is 7.05 Å². The highest BCUT2D eigenvalue weighted by atomic mass is 16.2. The van der Waals surface area contributed by atoms with Gasteiger partial charge in [0.05, 0.1) is 6.04 Å². The van der Waals surface area contributed by atoms with Crippen molar-refractivity contribution in [2.45, 2.75) is 25.9 Å². The summed E-state index contributed by atoms with van der Waals surface area (Å²) in [7, 11) is 1.64. The molecule has 82 valence electrons. The van der Waals surface area contributed by atoms with Gasteiger partial charge in [-0.05, 0) is 31.5 Å². The van der Waals surface area contributed by atoms with Crippen molar-refractivity contribution < 1.29 is 4.79 Å². The number of hydrogen-bond donors (Lipinski definition) is 2. The molecule has 1 heterocycles. The third kappa shape index (κ3) is 3.32. The molecule has 0 aliphatic heterocycles. The predicted octanol–water partition coefficient (Wildman–Crippen LogP) is 0.867. The van der Waals surface area contributed by atoms with Gasteiger partial charge in [0.1, 0.15) is 0 Å². The molecule has 0 aliphatic carbocycles. The number of amides is 1. The van der Waals surface area contributed by atoms with Crippen LogP contribution < -0.4 is 10.6 Å². The summed E-state index contributed by atoms with van der Waals surface area (Å²) in [6.07, 6.45) is 3.50. The third-order valence-corrected chi connectivity index (χ3v) is 2.35. The van der Waals surface area contributed by atoms with E-state index in [1.165, 1.54) is 0 Å². The molecule has 1 rings (SSSR count). The second-order valence-electron chi connectivity index (χ2n) is 3.50. The number of aromatic nitrogens is 1. The molecule has 0 bridgehead atoms. The van der Waals surface area contributed by atoms with Gasteiger partial charge >= 0.3 is 0 Å². The van der Waals surface area contributed by atoms with Crippen molar-refractivity contribution in [3.8, 4) is 0 Å². The summed E-state index contributed by atoms with van der Waals surface area (Å²) in [5.41, 5.74) is 1.13. The van der Waals surface area contributed by atoms with Crippen molar-refractivity contribution >= 4 is 5.91 Å². The maximum Gasteiger partial charge on any atom is 0.236 e. The fraction of sp³-hybridized carbons (Fsp3) is 0.455. The molecule has 15 heavy (non-hydrogen) atoms. The molecule has 2 atom stereocenters. The van der Waals surface area contributed by atoms with E-state index in [1.54, 1.807) is 19.4 Å². The molecule has 0 aliphatic rings. The first kappa shape index (κ1) is 11.7. The van der Waals surface area contributed by atoms with Crippen LogP contribution in [0.5, 0.6) is 0 Å². The van der Waals surface area contributed by atoms with Crippen molar-refractivity contribution in [3.63, 3.8) is 0 Å². The van der Waals surface area contributed by atoms with Crippen LogP contribution in [0.2, 0.25) is 0 Å². The highest BCUT2D eigenvalue weighted by Gasteiger charge is 2.14. The molecular formula is C11H17N3O. The normalized spacial score (nSPS) is 14.3. The van der Waals surface area contributed by atoms with Crippen LogP contribution in [-0.2, 0) is 4.79 Å². The monoisotopic (exact) mass is 207 g/mol. The van der Waals surface area contributed by atoms with Gasteiger partial charge in [-0.2, -0.15) is 0 Å². The van der Waals surface area contributed by atoms with E-state index in [-0.39, 0.29) is 18.0 Å². The van der Waals surface area contributed by atoms with E-state index >= 15 is 0 Å². The van der Waals surface area contributed by atoms with E-state index < -0.39 is 0 Å². The van der Waals surface area contributed by atoms with Crippen LogP contribution in [0, 0.1) is 0 Å². The molecule has 0 spiro atoms. The molecule has 4 heteroatoms. The van der Waals surface area contributed by atoms with E-state index in [0.29, 0.717) is 0 Å². The van der Waals surface area contributed by atoms with Gasteiger partial charge in [-0.25, -0.2) is 0 Å². The summed E-state index contributed by atoms with van der Waals surface area (Å²) in [5.74, 6) is -0.00379. The number of nitrogens with zero attached hydrogens (tertiary/aromatic N) is 1. The van der Waals surface area contributed by atoms with E-state index in [2.05, 4.69) is 15.6 Å². The molecule has 1 amide bonds. The fourth-order valence-corrected chi connectivity index (χ4v) is 1.42. The lowest BCUT2D eigenvalue weighted by atomic mass is 10.1. The lowest BCUT2D eigenvalue weighted by Crippen LogP contribution is -2.41. The summed E-state index contributed by atoms with van der Waals surface area (Å²) in [4.78, 5) is 15.2. The average molecular weight is 207 g/mol. The number of rotatable bonds is 4. The van der Waals surface area contributed by atoms with E-state index in [0.717, 1.165) is 5.56 Å². The van der Waals surface area contributed by atoms with Crippen molar-refractivity contribution in [1.82, 2.24) is 15.6 Å². The average Bonchev–Trinajstić information content (AvgIpc) is 2.29. The van der Waals surface area contributed by atoms with Gasteiger partial charge in [-0.1, -0.05) is 0 Å². The summed E-state index contributed by atoms with van der Waals surface area (Å²) >= 11 is 0. The van der Waals surface area contributed by atoms with Gasteiger partial charge in [0.2, 0.25) is 5.91 Å². The van der Waals surface area contributed by atoms with Crippen LogP contribution in [0.25, 0.3) is 0 Å². The van der Waals surface area contributed by atoms with Crippen molar-refractivity contribution in [1.29, 1.82) is 0 Å². The molecule has 2 N–H and O–H groups in total.